The normalized spacial score (nSPS) is 14.0. The second-order valence-corrected chi connectivity index (χ2v) is 6.57. The molecule has 0 fully saturated rings. The molecule has 11 nitrogen and oxygen atoms in total. The number of rotatable bonds is 12. The van der Waals surface area contributed by atoms with Crippen molar-refractivity contribution in [3.63, 3.8) is 0 Å². The maximum absolute atomic E-state index is 12.1. The maximum Gasteiger partial charge on any atom is 0.326 e. The van der Waals surface area contributed by atoms with Crippen molar-refractivity contribution >= 4 is 42.2 Å². The van der Waals surface area contributed by atoms with Crippen LogP contribution in [0.3, 0.4) is 0 Å². The highest BCUT2D eigenvalue weighted by atomic mass is 32.1. The van der Waals surface area contributed by atoms with Gasteiger partial charge in [0, 0.05) is 12.2 Å². The van der Waals surface area contributed by atoms with E-state index in [4.69, 9.17) is 16.6 Å². The van der Waals surface area contributed by atoms with Gasteiger partial charge >= 0.3 is 5.97 Å². The molecule has 0 bridgehead atoms. The van der Waals surface area contributed by atoms with Gasteiger partial charge in [-0.15, -0.1) is 0 Å². The summed E-state index contributed by atoms with van der Waals surface area (Å²) in [4.78, 5) is 57.5. The first-order valence-electron chi connectivity index (χ1n) is 8.24. The molecule has 4 amide bonds. The molecule has 0 aromatic heterocycles. The number of nitrogens with two attached hydrogens (primary N) is 2. The number of nitrogens with one attached hydrogen (secondary N) is 3. The molecule has 0 aromatic rings. The van der Waals surface area contributed by atoms with Gasteiger partial charge in [0.15, 0.2) is 0 Å². The number of thiol groups is 1. The molecule has 0 aromatic carbocycles. The van der Waals surface area contributed by atoms with Crippen LogP contribution in [0, 0.1) is 5.92 Å². The molecule has 27 heavy (non-hydrogen) atoms. The lowest BCUT2D eigenvalue weighted by molar-refractivity contribution is -0.143. The summed E-state index contributed by atoms with van der Waals surface area (Å²) in [6, 6.07) is -3.18. The fourth-order valence-electron chi connectivity index (χ4n) is 1.93. The minimum absolute atomic E-state index is 0.0241. The number of hydrogen-bond acceptors (Lipinski definition) is 7. The zero-order valence-electron chi connectivity index (χ0n) is 15.2. The van der Waals surface area contributed by atoms with E-state index in [1.165, 1.54) is 0 Å². The Balaban J connectivity index is 4.55. The molecule has 0 saturated heterocycles. The molecule has 12 heteroatoms. The predicted molar refractivity (Wildman–Crippen MR) is 99.6 cm³/mol. The number of aliphatic carboxylic acids is 1. The number of hydrogen-bond donors (Lipinski definition) is 7. The highest BCUT2D eigenvalue weighted by Gasteiger charge is 2.25. The Kier molecular flexibility index (Phi) is 11.1. The van der Waals surface area contributed by atoms with E-state index < -0.39 is 54.3 Å². The van der Waals surface area contributed by atoms with Crippen molar-refractivity contribution in [3.8, 4) is 0 Å². The van der Waals surface area contributed by atoms with Crippen LogP contribution >= 0.6 is 12.6 Å². The first kappa shape index (κ1) is 24.7. The van der Waals surface area contributed by atoms with Crippen LogP contribution in [0.4, 0.5) is 0 Å². The summed E-state index contributed by atoms with van der Waals surface area (Å²) in [6.45, 7) is 2.79. The molecule has 0 rings (SSSR count). The van der Waals surface area contributed by atoms with E-state index in [0.29, 0.717) is 0 Å². The van der Waals surface area contributed by atoms with Crippen molar-refractivity contribution in [2.45, 2.75) is 44.8 Å². The number of amides is 4. The van der Waals surface area contributed by atoms with Gasteiger partial charge in [0.05, 0.1) is 12.6 Å². The van der Waals surface area contributed by atoms with Gasteiger partial charge in [-0.2, -0.15) is 12.6 Å². The third-order valence-electron chi connectivity index (χ3n) is 3.53. The molecule has 0 radical (unpaired) electrons. The average Bonchev–Trinajstić information content (AvgIpc) is 2.58. The van der Waals surface area contributed by atoms with E-state index in [0.717, 1.165) is 0 Å². The Morgan fingerprint density at radius 3 is 2.11 bits per heavy atom. The van der Waals surface area contributed by atoms with Crippen molar-refractivity contribution < 1.29 is 29.1 Å². The summed E-state index contributed by atoms with van der Waals surface area (Å²) in [5, 5.41) is 16.0. The number of primary amides is 1. The van der Waals surface area contributed by atoms with E-state index in [2.05, 4.69) is 28.6 Å². The fourth-order valence-corrected chi connectivity index (χ4v) is 2.19. The van der Waals surface area contributed by atoms with Gasteiger partial charge in [0.25, 0.3) is 0 Å². The minimum atomic E-state index is -1.19. The first-order chi connectivity index (χ1) is 12.5. The monoisotopic (exact) mass is 405 g/mol. The molecule has 8 N–H and O–H groups in total. The molecule has 0 saturated carbocycles. The van der Waals surface area contributed by atoms with Gasteiger partial charge in [-0.3, -0.25) is 19.2 Å². The van der Waals surface area contributed by atoms with Gasteiger partial charge in [-0.1, -0.05) is 13.8 Å². The van der Waals surface area contributed by atoms with Gasteiger partial charge in [-0.05, 0) is 12.3 Å². The van der Waals surface area contributed by atoms with E-state index in [1.54, 1.807) is 13.8 Å². The Bertz CT molecular complexity index is 571. The van der Waals surface area contributed by atoms with Crippen LogP contribution in [-0.4, -0.2) is 65.1 Å². The lowest BCUT2D eigenvalue weighted by atomic mass is 10.1. The molecule has 0 aliphatic heterocycles. The van der Waals surface area contributed by atoms with Gasteiger partial charge < -0.3 is 32.5 Å². The summed E-state index contributed by atoms with van der Waals surface area (Å²) in [7, 11) is 0. The molecule has 3 atom stereocenters. The lowest BCUT2D eigenvalue weighted by Gasteiger charge is -2.20. The Morgan fingerprint density at radius 1 is 1.07 bits per heavy atom. The molecule has 0 aliphatic carbocycles. The minimum Gasteiger partial charge on any atom is -0.480 e. The summed E-state index contributed by atoms with van der Waals surface area (Å²) >= 11 is 3.97. The Morgan fingerprint density at radius 2 is 1.67 bits per heavy atom. The largest absolute Gasteiger partial charge is 0.480 e. The average molecular weight is 405 g/mol. The van der Waals surface area contributed by atoms with Crippen molar-refractivity contribution in [2.75, 3.05) is 12.3 Å². The molecule has 0 heterocycles. The number of carbonyl (C=O) groups excluding carboxylic acids is 4. The third kappa shape index (κ3) is 9.80. The van der Waals surface area contributed by atoms with Crippen LogP contribution in [0.1, 0.15) is 26.7 Å². The number of carboxylic acids is 1. The zero-order valence-corrected chi connectivity index (χ0v) is 16.1. The third-order valence-corrected chi connectivity index (χ3v) is 3.89. The van der Waals surface area contributed by atoms with Gasteiger partial charge in [-0.25, -0.2) is 4.79 Å². The molecular formula is C15H27N5O6S. The zero-order chi connectivity index (χ0) is 21.1. The van der Waals surface area contributed by atoms with Crippen LogP contribution < -0.4 is 27.4 Å². The van der Waals surface area contributed by atoms with Gasteiger partial charge in [0.2, 0.25) is 23.6 Å². The molecule has 154 valence electrons. The van der Waals surface area contributed by atoms with Crippen LogP contribution in [0.25, 0.3) is 0 Å². The van der Waals surface area contributed by atoms with Crippen LogP contribution in [0.2, 0.25) is 0 Å². The second-order valence-electron chi connectivity index (χ2n) is 6.20. The fraction of sp³-hybridized carbons (Fsp3) is 0.667. The van der Waals surface area contributed by atoms with E-state index in [1.807, 2.05) is 0 Å². The molecule has 0 aliphatic rings. The van der Waals surface area contributed by atoms with Crippen molar-refractivity contribution in [1.29, 1.82) is 0 Å². The van der Waals surface area contributed by atoms with E-state index in [-0.39, 0.29) is 24.5 Å². The first-order valence-corrected chi connectivity index (χ1v) is 8.87. The SMILES string of the molecule is CC(C)C(NC(=O)CNC(=O)C(CS)NC(=O)C(N)CCC(N)=O)C(=O)O. The highest BCUT2D eigenvalue weighted by Crippen LogP contribution is 2.01. The predicted octanol–water partition coefficient (Wildman–Crippen LogP) is -2.66. The lowest BCUT2D eigenvalue weighted by Crippen LogP contribution is -2.54. The standard InChI is InChI=1S/C15H27N5O6S/c1-7(2)12(15(25)26)20-11(22)5-18-14(24)9(6-27)19-13(23)8(16)3-4-10(17)21/h7-9,12,27H,3-6,16H2,1-2H3,(H2,17,21)(H,18,24)(H,19,23)(H,20,22)(H,25,26). The van der Waals surface area contributed by atoms with Crippen LogP contribution in [0.5, 0.6) is 0 Å². The van der Waals surface area contributed by atoms with Crippen molar-refractivity contribution in [2.24, 2.45) is 17.4 Å². The number of carboxylic acid groups (broad SMARTS) is 1. The topological polar surface area (TPSA) is 194 Å². The van der Waals surface area contributed by atoms with Gasteiger partial charge in [0.1, 0.15) is 12.1 Å². The summed E-state index contributed by atoms with van der Waals surface area (Å²) in [5.74, 6) is -4.23. The highest BCUT2D eigenvalue weighted by molar-refractivity contribution is 7.80. The second kappa shape index (κ2) is 12.1. The van der Waals surface area contributed by atoms with Crippen molar-refractivity contribution in [3.05, 3.63) is 0 Å². The van der Waals surface area contributed by atoms with E-state index in [9.17, 15) is 24.0 Å². The van der Waals surface area contributed by atoms with E-state index >= 15 is 0 Å². The van der Waals surface area contributed by atoms with Crippen molar-refractivity contribution in [1.82, 2.24) is 16.0 Å². The Hall–Kier alpha value is -2.34. The molecule has 3 unspecified atom stereocenters. The number of carbonyl (C=O) groups is 5. The summed E-state index contributed by atoms with van der Waals surface area (Å²) in [5.41, 5.74) is 10.6. The summed E-state index contributed by atoms with van der Waals surface area (Å²) < 4.78 is 0. The maximum atomic E-state index is 12.1. The quantitative estimate of drug-likeness (QED) is 0.172. The van der Waals surface area contributed by atoms with Crippen LogP contribution in [0.15, 0.2) is 0 Å². The Labute approximate surface area is 162 Å². The summed E-state index contributed by atoms with van der Waals surface area (Å²) in [6.07, 6.45) is -0.0522. The van der Waals surface area contributed by atoms with Crippen LogP contribution in [-0.2, 0) is 24.0 Å². The molecule has 0 spiro atoms. The molecular weight excluding hydrogens is 378 g/mol. The smallest absolute Gasteiger partial charge is 0.326 e.